The fourth-order valence-corrected chi connectivity index (χ4v) is 5.53. The molecule has 0 radical (unpaired) electrons. The van der Waals surface area contributed by atoms with Gasteiger partial charge in [0.2, 0.25) is 0 Å². The number of nitrogens with zero attached hydrogens (tertiary/aromatic N) is 5. The molecule has 0 bridgehead atoms. The van der Waals surface area contributed by atoms with Crippen LogP contribution in [0.2, 0.25) is 0 Å². The molecule has 3 aromatic rings. The van der Waals surface area contributed by atoms with Gasteiger partial charge in [0.05, 0.1) is 24.6 Å². The highest BCUT2D eigenvalue weighted by Crippen LogP contribution is 2.46. The number of rotatable bonds is 8. The van der Waals surface area contributed by atoms with Crippen LogP contribution in [-0.2, 0) is 16.1 Å². The molecular formula is C24H23N5O2S2. The molecule has 33 heavy (non-hydrogen) atoms. The lowest BCUT2D eigenvalue weighted by Gasteiger charge is -2.14. The number of anilines is 1. The minimum atomic E-state index is -0.233. The number of para-hydroxylation sites is 1. The van der Waals surface area contributed by atoms with Gasteiger partial charge in [0, 0.05) is 24.6 Å². The number of ketones is 1. The van der Waals surface area contributed by atoms with Gasteiger partial charge in [-0.15, -0.1) is 10.2 Å². The summed E-state index contributed by atoms with van der Waals surface area (Å²) >= 11 is 2.73. The lowest BCUT2D eigenvalue weighted by molar-refractivity contribution is -0.112. The van der Waals surface area contributed by atoms with Crippen molar-refractivity contribution >= 4 is 35.0 Å². The number of carbonyl (C=O) groups is 1. The largest absolute Gasteiger partial charge is 0.383 e. The van der Waals surface area contributed by atoms with Gasteiger partial charge in [-0.3, -0.25) is 9.36 Å². The van der Waals surface area contributed by atoms with Gasteiger partial charge in [0.15, 0.2) is 16.8 Å². The van der Waals surface area contributed by atoms with Crippen molar-refractivity contribution in [2.24, 2.45) is 0 Å². The van der Waals surface area contributed by atoms with Gasteiger partial charge in [0.1, 0.15) is 16.7 Å². The second kappa shape index (κ2) is 10.3. The molecule has 0 N–H and O–H groups in total. The Bertz CT molecular complexity index is 1260. The van der Waals surface area contributed by atoms with Gasteiger partial charge in [-0.2, -0.15) is 5.26 Å². The number of fused-ring (bicyclic) bond motifs is 1. The maximum Gasteiger partial charge on any atom is 0.192 e. The van der Waals surface area contributed by atoms with Gasteiger partial charge in [0.25, 0.3) is 0 Å². The Morgan fingerprint density at radius 3 is 2.76 bits per heavy atom. The van der Waals surface area contributed by atoms with Gasteiger partial charge < -0.3 is 9.64 Å². The van der Waals surface area contributed by atoms with Crippen LogP contribution in [0.15, 0.2) is 69.2 Å². The van der Waals surface area contributed by atoms with E-state index in [2.05, 4.69) is 22.3 Å². The highest BCUT2D eigenvalue weighted by molar-refractivity contribution is 8.03. The summed E-state index contributed by atoms with van der Waals surface area (Å²) in [5.41, 5.74) is 3.24. The lowest BCUT2D eigenvalue weighted by Crippen LogP contribution is -2.16. The number of carbonyl (C=O) groups excluding carboxylic acids is 1. The molecule has 2 heterocycles. The second-order valence-corrected chi connectivity index (χ2v) is 9.43. The molecule has 1 aliphatic rings. The van der Waals surface area contributed by atoms with Crippen LogP contribution in [0, 0.1) is 18.3 Å². The number of thioether (sulfide) groups is 2. The van der Waals surface area contributed by atoms with E-state index in [0.29, 0.717) is 23.3 Å². The third-order valence-electron chi connectivity index (χ3n) is 5.19. The average molecular weight is 478 g/mol. The molecule has 168 valence electrons. The number of hydrogen-bond donors (Lipinski definition) is 0. The summed E-state index contributed by atoms with van der Waals surface area (Å²) in [4.78, 5) is 16.0. The normalized spacial score (nSPS) is 14.2. The van der Waals surface area contributed by atoms with Gasteiger partial charge in [-0.25, -0.2) is 0 Å². The summed E-state index contributed by atoms with van der Waals surface area (Å²) in [6.45, 7) is 3.08. The number of Topliss-reactive ketones (excluding diaryl/α,β-unsaturated/α-hetero) is 1. The van der Waals surface area contributed by atoms with E-state index in [0.717, 1.165) is 27.5 Å². The van der Waals surface area contributed by atoms with Crippen molar-refractivity contribution in [1.82, 2.24) is 14.8 Å². The molecule has 0 unspecified atom stereocenters. The minimum absolute atomic E-state index is 0.0933. The number of aromatic nitrogens is 3. The zero-order valence-electron chi connectivity index (χ0n) is 18.6. The Labute approximate surface area is 201 Å². The Balaban J connectivity index is 1.56. The Morgan fingerprint density at radius 1 is 1.21 bits per heavy atom. The van der Waals surface area contributed by atoms with Crippen molar-refractivity contribution in [1.29, 1.82) is 5.26 Å². The number of allylic oxidation sites excluding steroid dienone is 1. The number of methoxy groups -OCH3 is 1. The maximum absolute atomic E-state index is 13.1. The fourth-order valence-electron chi connectivity index (χ4n) is 3.53. The molecular weight excluding hydrogens is 454 g/mol. The van der Waals surface area contributed by atoms with E-state index in [1.807, 2.05) is 65.9 Å². The zero-order valence-corrected chi connectivity index (χ0v) is 20.2. The molecule has 9 heteroatoms. The van der Waals surface area contributed by atoms with E-state index in [4.69, 9.17) is 4.74 Å². The number of aryl methyl sites for hydroxylation is 1. The molecule has 0 spiro atoms. The predicted octanol–water partition coefficient (Wildman–Crippen LogP) is 4.54. The van der Waals surface area contributed by atoms with Crippen LogP contribution in [0.25, 0.3) is 11.4 Å². The van der Waals surface area contributed by atoms with Crippen LogP contribution in [0.5, 0.6) is 0 Å². The SMILES string of the molecule is COCCn1c(SCC(=O)C(C#N)=C2Sc3ccccc3N2C)nnc1-c1cccc(C)c1. The lowest BCUT2D eigenvalue weighted by atomic mass is 10.1. The Hall–Kier alpha value is -3.06. The van der Waals surface area contributed by atoms with E-state index >= 15 is 0 Å². The van der Waals surface area contributed by atoms with Crippen molar-refractivity contribution < 1.29 is 9.53 Å². The summed E-state index contributed by atoms with van der Waals surface area (Å²) in [6, 6.07) is 18.0. The summed E-state index contributed by atoms with van der Waals surface area (Å²) in [5.74, 6) is 0.588. The van der Waals surface area contributed by atoms with Crippen molar-refractivity contribution in [3.63, 3.8) is 0 Å². The summed E-state index contributed by atoms with van der Waals surface area (Å²) in [7, 11) is 3.52. The van der Waals surface area contributed by atoms with Crippen LogP contribution in [-0.4, -0.2) is 47.1 Å². The molecule has 2 aromatic carbocycles. The molecule has 0 fully saturated rings. The second-order valence-electron chi connectivity index (χ2n) is 7.45. The molecule has 0 atom stereocenters. The standard InChI is InChI=1S/C24H23N5O2S2/c1-16-7-6-8-17(13-16)22-26-27-24(29(22)11-12-31-3)32-15-20(30)18(14-25)23-28(2)19-9-4-5-10-21(19)33-23/h4-10,13H,11-12,15H2,1-3H3. The van der Waals surface area contributed by atoms with Gasteiger partial charge in [-0.1, -0.05) is 59.4 Å². The van der Waals surface area contributed by atoms with Crippen LogP contribution in [0.1, 0.15) is 5.56 Å². The number of nitriles is 1. The fraction of sp³-hybridized carbons (Fsp3) is 0.250. The summed E-state index contributed by atoms with van der Waals surface area (Å²) in [6.07, 6.45) is 0. The van der Waals surface area contributed by atoms with Crippen LogP contribution in [0.3, 0.4) is 0 Å². The number of hydrogen-bond acceptors (Lipinski definition) is 8. The van der Waals surface area contributed by atoms with E-state index in [-0.39, 0.29) is 17.1 Å². The van der Waals surface area contributed by atoms with Crippen molar-refractivity contribution in [3.8, 4) is 17.5 Å². The van der Waals surface area contributed by atoms with Gasteiger partial charge >= 0.3 is 0 Å². The summed E-state index contributed by atoms with van der Waals surface area (Å²) in [5, 5.41) is 19.8. The topological polar surface area (TPSA) is 84.0 Å². The van der Waals surface area contributed by atoms with Crippen LogP contribution >= 0.6 is 23.5 Å². The first-order valence-electron chi connectivity index (χ1n) is 10.3. The highest BCUT2D eigenvalue weighted by Gasteiger charge is 2.28. The van der Waals surface area contributed by atoms with Crippen LogP contribution in [0.4, 0.5) is 5.69 Å². The highest BCUT2D eigenvalue weighted by atomic mass is 32.2. The molecule has 0 saturated heterocycles. The van der Waals surface area contributed by atoms with Crippen LogP contribution < -0.4 is 4.90 Å². The van der Waals surface area contributed by atoms with E-state index in [1.165, 1.54) is 23.5 Å². The molecule has 4 rings (SSSR count). The minimum Gasteiger partial charge on any atom is -0.383 e. The number of benzene rings is 2. The Kier molecular flexibility index (Phi) is 7.18. The smallest absolute Gasteiger partial charge is 0.192 e. The molecule has 0 saturated carbocycles. The molecule has 0 aliphatic carbocycles. The molecule has 1 aliphatic heterocycles. The predicted molar refractivity (Wildman–Crippen MR) is 131 cm³/mol. The van der Waals surface area contributed by atoms with E-state index < -0.39 is 0 Å². The molecule has 0 amide bonds. The average Bonchev–Trinajstić information content (AvgIpc) is 3.38. The van der Waals surface area contributed by atoms with E-state index in [1.54, 1.807) is 7.11 Å². The first-order chi connectivity index (χ1) is 16.0. The molecule has 1 aromatic heterocycles. The summed E-state index contributed by atoms with van der Waals surface area (Å²) < 4.78 is 7.22. The van der Waals surface area contributed by atoms with Crippen molar-refractivity contribution in [3.05, 3.63) is 64.7 Å². The van der Waals surface area contributed by atoms with Crippen molar-refractivity contribution in [2.75, 3.05) is 31.4 Å². The third kappa shape index (κ3) is 4.83. The van der Waals surface area contributed by atoms with Crippen molar-refractivity contribution in [2.45, 2.75) is 23.5 Å². The van der Waals surface area contributed by atoms with Gasteiger partial charge in [-0.05, 0) is 25.1 Å². The first-order valence-corrected chi connectivity index (χ1v) is 12.1. The first kappa shape index (κ1) is 23.1. The number of ether oxygens (including phenoxy) is 1. The Morgan fingerprint density at radius 2 is 2.03 bits per heavy atom. The quantitative estimate of drug-likeness (QED) is 0.266. The zero-order chi connectivity index (χ0) is 23.4. The van der Waals surface area contributed by atoms with E-state index in [9.17, 15) is 10.1 Å². The monoisotopic (exact) mass is 477 g/mol. The third-order valence-corrected chi connectivity index (χ3v) is 7.39. The molecule has 7 nitrogen and oxygen atoms in total. The maximum atomic E-state index is 13.1.